The zero-order valence-electron chi connectivity index (χ0n) is 29.7. The number of hydrogen-bond donors (Lipinski definition) is 0. The van der Waals surface area contributed by atoms with E-state index in [-0.39, 0.29) is 0 Å². The van der Waals surface area contributed by atoms with Gasteiger partial charge in [-0.1, -0.05) is 164 Å². The van der Waals surface area contributed by atoms with Crippen LogP contribution in [-0.2, 0) is 5.41 Å². The minimum Gasteiger partial charge on any atom is -0.228 e. The summed E-state index contributed by atoms with van der Waals surface area (Å²) in [4.78, 5) is 11.2. The topological polar surface area (TPSA) is 25.8 Å². The lowest BCUT2D eigenvalue weighted by atomic mass is 9.70. The second kappa shape index (κ2) is 10.5. The highest BCUT2D eigenvalue weighted by atomic mass is 14.9. The third-order valence-electron chi connectivity index (χ3n) is 12.6. The molecule has 3 aliphatic rings. The molecule has 0 saturated heterocycles. The van der Waals surface area contributed by atoms with E-state index in [1.807, 2.05) is 0 Å². The summed E-state index contributed by atoms with van der Waals surface area (Å²) in [7, 11) is 0. The number of benzene rings is 9. The Balaban J connectivity index is 1.22. The van der Waals surface area contributed by atoms with Crippen LogP contribution in [0.4, 0.5) is 0 Å². The summed E-state index contributed by atoms with van der Waals surface area (Å²) < 4.78 is 0. The van der Waals surface area contributed by atoms with Crippen LogP contribution in [0.25, 0.3) is 99.6 Å². The Morgan fingerprint density at radius 3 is 1.73 bits per heavy atom. The van der Waals surface area contributed by atoms with Crippen molar-refractivity contribution in [2.45, 2.75) is 5.41 Å². The van der Waals surface area contributed by atoms with Gasteiger partial charge in [0.05, 0.1) is 16.6 Å². The zero-order chi connectivity index (χ0) is 35.8. The molecular weight excluding hydrogens is 665 g/mol. The van der Waals surface area contributed by atoms with E-state index in [9.17, 15) is 0 Å². The Labute approximate surface area is 318 Å². The minimum absolute atomic E-state index is 0.496. The molecule has 0 atom stereocenters. The summed E-state index contributed by atoms with van der Waals surface area (Å²) in [6.45, 7) is 0. The molecule has 0 amide bonds. The number of para-hydroxylation sites is 1. The summed E-state index contributed by atoms with van der Waals surface area (Å²) in [6, 6.07) is 67.0. The van der Waals surface area contributed by atoms with Crippen molar-refractivity contribution in [1.82, 2.24) is 9.97 Å². The maximum absolute atomic E-state index is 5.70. The van der Waals surface area contributed by atoms with Crippen molar-refractivity contribution in [3.05, 3.63) is 204 Å². The Morgan fingerprint density at radius 1 is 0.345 bits per heavy atom. The molecule has 1 heterocycles. The van der Waals surface area contributed by atoms with Gasteiger partial charge in [-0.25, -0.2) is 9.97 Å². The second-order valence-electron chi connectivity index (χ2n) is 15.2. The normalized spacial score (nSPS) is 13.6. The van der Waals surface area contributed by atoms with Gasteiger partial charge in [0.2, 0.25) is 0 Å². The average molecular weight is 695 g/mol. The fourth-order valence-electron chi connectivity index (χ4n) is 10.5. The molecule has 0 N–H and O–H groups in total. The lowest BCUT2D eigenvalue weighted by molar-refractivity contribution is 0.794. The molecule has 1 spiro atoms. The lowest BCUT2D eigenvalue weighted by Gasteiger charge is -2.31. The molecule has 9 aromatic carbocycles. The Kier molecular flexibility index (Phi) is 5.59. The van der Waals surface area contributed by atoms with Gasteiger partial charge in [0.1, 0.15) is 0 Å². The van der Waals surface area contributed by atoms with Gasteiger partial charge < -0.3 is 0 Å². The van der Waals surface area contributed by atoms with Gasteiger partial charge in [0.25, 0.3) is 0 Å². The number of fused-ring (bicyclic) bond motifs is 15. The Hall–Kier alpha value is -7.16. The van der Waals surface area contributed by atoms with Crippen molar-refractivity contribution in [3.63, 3.8) is 0 Å². The predicted octanol–water partition coefficient (Wildman–Crippen LogP) is 13.3. The molecule has 13 rings (SSSR count). The van der Waals surface area contributed by atoms with Crippen LogP contribution in [0.1, 0.15) is 22.3 Å². The van der Waals surface area contributed by atoms with Crippen LogP contribution in [-0.4, -0.2) is 9.97 Å². The first-order chi connectivity index (χ1) is 27.3. The second-order valence-corrected chi connectivity index (χ2v) is 15.2. The first kappa shape index (κ1) is 29.3. The van der Waals surface area contributed by atoms with E-state index in [1.54, 1.807) is 0 Å². The molecule has 0 saturated carbocycles. The summed E-state index contributed by atoms with van der Waals surface area (Å²) in [5.41, 5.74) is 18.9. The lowest BCUT2D eigenvalue weighted by Crippen LogP contribution is -2.26. The van der Waals surface area contributed by atoms with Gasteiger partial charge in [-0.2, -0.15) is 0 Å². The van der Waals surface area contributed by atoms with E-state index >= 15 is 0 Å². The summed E-state index contributed by atoms with van der Waals surface area (Å²) >= 11 is 0. The van der Waals surface area contributed by atoms with Crippen LogP contribution in [0.2, 0.25) is 0 Å². The molecule has 0 fully saturated rings. The highest BCUT2D eigenvalue weighted by molar-refractivity contribution is 6.21. The number of nitrogens with zero attached hydrogens (tertiary/aromatic N) is 2. The van der Waals surface area contributed by atoms with Crippen LogP contribution in [0.5, 0.6) is 0 Å². The Morgan fingerprint density at radius 2 is 0.945 bits per heavy atom. The van der Waals surface area contributed by atoms with E-state index in [2.05, 4.69) is 182 Å². The van der Waals surface area contributed by atoms with Crippen molar-refractivity contribution in [1.29, 1.82) is 0 Å². The average Bonchev–Trinajstić information content (AvgIpc) is 3.85. The van der Waals surface area contributed by atoms with E-state index < -0.39 is 5.41 Å². The fraction of sp³-hybridized carbons (Fsp3) is 0.0189. The molecule has 2 heteroatoms. The van der Waals surface area contributed by atoms with Crippen LogP contribution < -0.4 is 0 Å². The third kappa shape index (κ3) is 3.64. The van der Waals surface area contributed by atoms with E-state index in [4.69, 9.17) is 9.97 Å². The molecule has 1 aromatic heterocycles. The molecular formula is C53H30N2. The van der Waals surface area contributed by atoms with Crippen LogP contribution >= 0.6 is 0 Å². The Bertz CT molecular complexity index is 3280. The van der Waals surface area contributed by atoms with E-state index in [0.717, 1.165) is 33.5 Å². The smallest absolute Gasteiger partial charge is 0.161 e. The minimum atomic E-state index is -0.496. The van der Waals surface area contributed by atoms with Crippen molar-refractivity contribution >= 4 is 32.4 Å². The molecule has 3 aliphatic carbocycles. The van der Waals surface area contributed by atoms with Crippen molar-refractivity contribution in [3.8, 4) is 67.2 Å². The van der Waals surface area contributed by atoms with E-state index in [1.165, 1.54) is 88.3 Å². The largest absolute Gasteiger partial charge is 0.228 e. The van der Waals surface area contributed by atoms with Gasteiger partial charge in [-0.3, -0.25) is 0 Å². The van der Waals surface area contributed by atoms with Crippen molar-refractivity contribution < 1.29 is 0 Å². The quantitative estimate of drug-likeness (QED) is 0.180. The molecule has 10 aromatic rings. The highest BCUT2D eigenvalue weighted by Gasteiger charge is 2.53. The monoisotopic (exact) mass is 694 g/mol. The number of hydrogen-bond acceptors (Lipinski definition) is 2. The molecule has 0 radical (unpaired) electrons. The molecule has 2 nitrogen and oxygen atoms in total. The summed E-state index contributed by atoms with van der Waals surface area (Å²) in [5.74, 6) is 0.756. The third-order valence-corrected chi connectivity index (χ3v) is 12.6. The van der Waals surface area contributed by atoms with Crippen molar-refractivity contribution in [2.75, 3.05) is 0 Å². The number of aromatic nitrogens is 2. The van der Waals surface area contributed by atoms with E-state index in [0.29, 0.717) is 0 Å². The molecule has 0 bridgehead atoms. The molecule has 252 valence electrons. The van der Waals surface area contributed by atoms with Crippen LogP contribution in [0.15, 0.2) is 182 Å². The maximum atomic E-state index is 5.70. The number of rotatable bonds is 2. The van der Waals surface area contributed by atoms with Crippen LogP contribution in [0, 0.1) is 0 Å². The molecule has 0 unspecified atom stereocenters. The van der Waals surface area contributed by atoms with Crippen LogP contribution in [0.3, 0.4) is 0 Å². The van der Waals surface area contributed by atoms with Gasteiger partial charge in [0, 0.05) is 22.1 Å². The first-order valence-electron chi connectivity index (χ1n) is 19.1. The highest BCUT2D eigenvalue weighted by Crippen LogP contribution is 2.66. The van der Waals surface area contributed by atoms with Gasteiger partial charge in [0.15, 0.2) is 5.82 Å². The predicted molar refractivity (Wildman–Crippen MR) is 226 cm³/mol. The zero-order valence-corrected chi connectivity index (χ0v) is 29.7. The van der Waals surface area contributed by atoms with Gasteiger partial charge >= 0.3 is 0 Å². The summed E-state index contributed by atoms with van der Waals surface area (Å²) in [5, 5.41) is 6.01. The SMILES string of the molecule is c1ccc2c(c1)-c1ccccc1C21c2ccccc2-c2c1cc1c(c2-c2nc(-c3ccc4ccccc4c3)c3ccccc3n2)-c2cccc3cccc-1c23. The van der Waals surface area contributed by atoms with Crippen molar-refractivity contribution in [2.24, 2.45) is 0 Å². The molecule has 55 heavy (non-hydrogen) atoms. The standard InChI is InChI=1S/C53H30N2/c1-2-14-33-29-34(28-27-31(33)13-1)51-39-20-6-10-26-46(39)54-52(55-51)50-48-40-22-12-16-32-15-11-21-37(47(32)40)41(48)30-45-49(50)38-19-5-9-25-44(38)53(45)42-23-7-3-17-35(42)36-18-4-8-24-43(36)53/h1-30H. The first-order valence-corrected chi connectivity index (χ1v) is 19.1. The molecule has 0 aliphatic heterocycles. The summed E-state index contributed by atoms with van der Waals surface area (Å²) in [6.07, 6.45) is 0. The van der Waals surface area contributed by atoms with Gasteiger partial charge in [-0.05, 0) is 101 Å². The van der Waals surface area contributed by atoms with Gasteiger partial charge in [-0.15, -0.1) is 0 Å². The maximum Gasteiger partial charge on any atom is 0.161 e. The fourth-order valence-corrected chi connectivity index (χ4v) is 10.5.